The third-order valence-corrected chi connectivity index (χ3v) is 6.42. The first-order chi connectivity index (χ1) is 15.1. The lowest BCUT2D eigenvalue weighted by atomic mass is 9.79. The fourth-order valence-electron chi connectivity index (χ4n) is 4.47. The maximum absolute atomic E-state index is 12.0. The molecule has 2 aromatic heterocycles. The highest BCUT2D eigenvalue weighted by Crippen LogP contribution is 2.47. The predicted molar refractivity (Wildman–Crippen MR) is 115 cm³/mol. The van der Waals surface area contributed by atoms with E-state index >= 15 is 0 Å². The number of methoxy groups -OCH3 is 1. The molecule has 0 saturated heterocycles. The number of carbonyl (C=O) groups is 1. The number of aryl methyl sites for hydroxylation is 1. The van der Waals surface area contributed by atoms with Crippen LogP contribution in [0.5, 0.6) is 11.6 Å². The van der Waals surface area contributed by atoms with E-state index in [0.29, 0.717) is 42.7 Å². The van der Waals surface area contributed by atoms with Gasteiger partial charge in [0.2, 0.25) is 5.88 Å². The van der Waals surface area contributed by atoms with Crippen LogP contribution in [0.2, 0.25) is 0 Å². The number of carbonyl (C=O) groups excluding carboxylic acids is 1. The van der Waals surface area contributed by atoms with E-state index in [1.807, 2.05) is 32.2 Å². The summed E-state index contributed by atoms with van der Waals surface area (Å²) in [4.78, 5) is 25.6. The maximum Gasteiger partial charge on any atom is 0.308 e. The molecule has 4 rings (SSSR count). The van der Waals surface area contributed by atoms with Gasteiger partial charge < -0.3 is 14.2 Å². The highest BCUT2D eigenvalue weighted by molar-refractivity contribution is 5.72. The molecule has 0 spiro atoms. The normalized spacial score (nSPS) is 25.0. The third-order valence-electron chi connectivity index (χ3n) is 6.42. The molecule has 0 bridgehead atoms. The Morgan fingerprint density at radius 1 is 1.13 bits per heavy atom. The molecule has 0 aliphatic heterocycles. The van der Waals surface area contributed by atoms with Crippen LogP contribution in [-0.4, -0.2) is 41.2 Å². The molecular weight excluding hydrogens is 394 g/mol. The Morgan fingerprint density at radius 3 is 2.61 bits per heavy atom. The summed E-state index contributed by atoms with van der Waals surface area (Å²) in [5.74, 6) is 3.32. The van der Waals surface area contributed by atoms with Gasteiger partial charge in [-0.1, -0.05) is 0 Å². The summed E-state index contributed by atoms with van der Waals surface area (Å²) in [5.41, 5.74) is 2.15. The van der Waals surface area contributed by atoms with Crippen LogP contribution in [0.25, 0.3) is 0 Å². The molecule has 2 atom stereocenters. The SMILES string of the molecule is CCOC(=O)C1CCC(c2cnc(C)nc2OCC2C[C@H]2c2ccc(OC)cn2)CC1. The molecule has 2 aliphatic rings. The molecule has 2 saturated carbocycles. The van der Waals surface area contributed by atoms with E-state index in [1.54, 1.807) is 13.3 Å². The number of pyridine rings is 1. The number of ether oxygens (including phenoxy) is 3. The predicted octanol–water partition coefficient (Wildman–Crippen LogP) is 4.21. The molecule has 0 radical (unpaired) electrons. The molecular formula is C24H31N3O4. The first-order valence-electron chi connectivity index (χ1n) is 11.2. The average Bonchev–Trinajstić information content (AvgIpc) is 3.58. The van der Waals surface area contributed by atoms with Crippen molar-refractivity contribution in [3.63, 3.8) is 0 Å². The first-order valence-corrected chi connectivity index (χ1v) is 11.2. The average molecular weight is 426 g/mol. The van der Waals surface area contributed by atoms with Crippen molar-refractivity contribution in [2.45, 2.75) is 57.8 Å². The lowest BCUT2D eigenvalue weighted by molar-refractivity contribution is -0.149. The lowest BCUT2D eigenvalue weighted by Gasteiger charge is -2.28. The van der Waals surface area contributed by atoms with Gasteiger partial charge in [0.05, 0.1) is 32.4 Å². The van der Waals surface area contributed by atoms with E-state index < -0.39 is 0 Å². The van der Waals surface area contributed by atoms with Crippen LogP contribution >= 0.6 is 0 Å². The highest BCUT2D eigenvalue weighted by Gasteiger charge is 2.40. The van der Waals surface area contributed by atoms with E-state index in [0.717, 1.165) is 49.1 Å². The number of hydrogen-bond acceptors (Lipinski definition) is 7. The zero-order chi connectivity index (χ0) is 21.8. The van der Waals surface area contributed by atoms with Gasteiger partial charge in [-0.3, -0.25) is 9.78 Å². The highest BCUT2D eigenvalue weighted by atomic mass is 16.5. The van der Waals surface area contributed by atoms with Gasteiger partial charge >= 0.3 is 5.97 Å². The van der Waals surface area contributed by atoms with Crippen LogP contribution in [0, 0.1) is 18.8 Å². The van der Waals surface area contributed by atoms with Gasteiger partial charge in [0.1, 0.15) is 11.6 Å². The summed E-state index contributed by atoms with van der Waals surface area (Å²) >= 11 is 0. The number of aromatic nitrogens is 3. The number of hydrogen-bond donors (Lipinski definition) is 0. The van der Waals surface area contributed by atoms with Crippen molar-refractivity contribution in [3.8, 4) is 11.6 Å². The lowest BCUT2D eigenvalue weighted by Crippen LogP contribution is -2.23. The molecule has 0 aromatic carbocycles. The molecule has 0 N–H and O–H groups in total. The first kappa shape index (κ1) is 21.5. The standard InChI is InChI=1S/C24H31N3O4/c1-4-30-24(28)17-7-5-16(6-8-17)21-13-25-15(2)27-23(21)31-14-18-11-20(18)22-10-9-19(29-3)12-26-22/h9-10,12-13,16-18,20H,4-8,11,14H2,1-3H3/t16?,17?,18?,20-/m1/s1. The van der Waals surface area contributed by atoms with Crippen LogP contribution in [0.3, 0.4) is 0 Å². The van der Waals surface area contributed by atoms with E-state index in [4.69, 9.17) is 14.2 Å². The molecule has 1 unspecified atom stereocenters. The molecule has 2 fully saturated rings. The Kier molecular flexibility index (Phi) is 6.68. The summed E-state index contributed by atoms with van der Waals surface area (Å²) in [5, 5.41) is 0. The summed E-state index contributed by atoms with van der Waals surface area (Å²) < 4.78 is 16.6. The maximum atomic E-state index is 12.0. The quantitative estimate of drug-likeness (QED) is 0.586. The van der Waals surface area contributed by atoms with Crippen molar-refractivity contribution in [2.75, 3.05) is 20.3 Å². The van der Waals surface area contributed by atoms with Gasteiger partial charge in [0.25, 0.3) is 0 Å². The van der Waals surface area contributed by atoms with Gasteiger partial charge in [0, 0.05) is 29.3 Å². The summed E-state index contributed by atoms with van der Waals surface area (Å²) in [6, 6.07) is 3.99. The Morgan fingerprint density at radius 2 is 1.94 bits per heavy atom. The van der Waals surface area contributed by atoms with Crippen molar-refractivity contribution in [1.82, 2.24) is 15.0 Å². The van der Waals surface area contributed by atoms with Crippen LogP contribution in [0.15, 0.2) is 24.5 Å². The Balaban J connectivity index is 1.35. The van der Waals surface area contributed by atoms with Crippen molar-refractivity contribution < 1.29 is 19.0 Å². The van der Waals surface area contributed by atoms with Crippen LogP contribution in [0.4, 0.5) is 0 Å². The summed E-state index contributed by atoms with van der Waals surface area (Å²) in [7, 11) is 1.65. The second-order valence-corrected chi connectivity index (χ2v) is 8.51. The van der Waals surface area contributed by atoms with Gasteiger partial charge in [-0.2, -0.15) is 4.98 Å². The minimum Gasteiger partial charge on any atom is -0.495 e. The molecule has 2 aliphatic carbocycles. The topological polar surface area (TPSA) is 83.4 Å². The fourth-order valence-corrected chi connectivity index (χ4v) is 4.47. The van der Waals surface area contributed by atoms with E-state index in [-0.39, 0.29) is 11.9 Å². The number of esters is 1. The van der Waals surface area contributed by atoms with E-state index in [2.05, 4.69) is 15.0 Å². The minimum atomic E-state index is -0.0653. The minimum absolute atomic E-state index is 0.0103. The van der Waals surface area contributed by atoms with Gasteiger partial charge in [-0.05, 0) is 64.0 Å². The van der Waals surface area contributed by atoms with Gasteiger partial charge in [-0.25, -0.2) is 4.98 Å². The van der Waals surface area contributed by atoms with Gasteiger partial charge in [0.15, 0.2) is 0 Å². The number of nitrogens with zero attached hydrogens (tertiary/aromatic N) is 3. The Labute approximate surface area is 183 Å². The zero-order valence-corrected chi connectivity index (χ0v) is 18.5. The summed E-state index contributed by atoms with van der Waals surface area (Å²) in [6.07, 6.45) is 8.27. The van der Waals surface area contributed by atoms with Crippen molar-refractivity contribution >= 4 is 5.97 Å². The van der Waals surface area contributed by atoms with E-state index in [9.17, 15) is 4.79 Å². The molecule has 166 valence electrons. The summed E-state index contributed by atoms with van der Waals surface area (Å²) in [6.45, 7) is 4.80. The van der Waals surface area contributed by atoms with Crippen LogP contribution in [-0.2, 0) is 9.53 Å². The second-order valence-electron chi connectivity index (χ2n) is 8.51. The zero-order valence-electron chi connectivity index (χ0n) is 18.5. The molecule has 0 amide bonds. The molecule has 2 aromatic rings. The fraction of sp³-hybridized carbons (Fsp3) is 0.583. The molecule has 7 nitrogen and oxygen atoms in total. The Bertz CT molecular complexity index is 894. The van der Waals surface area contributed by atoms with Crippen LogP contribution < -0.4 is 9.47 Å². The number of rotatable bonds is 8. The Hall–Kier alpha value is -2.70. The third kappa shape index (κ3) is 5.14. The molecule has 7 heteroatoms. The van der Waals surface area contributed by atoms with Crippen molar-refractivity contribution in [2.24, 2.45) is 11.8 Å². The molecule has 2 heterocycles. The smallest absolute Gasteiger partial charge is 0.308 e. The van der Waals surface area contributed by atoms with Crippen molar-refractivity contribution in [3.05, 3.63) is 41.6 Å². The molecule has 31 heavy (non-hydrogen) atoms. The largest absolute Gasteiger partial charge is 0.495 e. The monoisotopic (exact) mass is 425 g/mol. The van der Waals surface area contributed by atoms with E-state index in [1.165, 1.54) is 0 Å². The van der Waals surface area contributed by atoms with Gasteiger partial charge in [-0.15, -0.1) is 0 Å². The van der Waals surface area contributed by atoms with Crippen LogP contribution in [0.1, 0.15) is 67.9 Å². The second kappa shape index (κ2) is 9.62. The van der Waals surface area contributed by atoms with Crippen molar-refractivity contribution in [1.29, 1.82) is 0 Å².